The molecule has 1 aliphatic rings. The lowest BCUT2D eigenvalue weighted by Gasteiger charge is -2.06. The van der Waals surface area contributed by atoms with Crippen molar-refractivity contribution in [2.75, 3.05) is 6.54 Å². The molecule has 0 aliphatic heterocycles. The summed E-state index contributed by atoms with van der Waals surface area (Å²) in [5.41, 5.74) is 1.28. The first kappa shape index (κ1) is 13.3. The van der Waals surface area contributed by atoms with Crippen molar-refractivity contribution in [3.05, 3.63) is 21.9 Å². The summed E-state index contributed by atoms with van der Waals surface area (Å²) >= 11 is 1.72. The van der Waals surface area contributed by atoms with Crippen LogP contribution in [0.15, 0.2) is 11.4 Å². The molecule has 2 rings (SSSR count). The van der Waals surface area contributed by atoms with Crippen LogP contribution in [0.5, 0.6) is 0 Å². The van der Waals surface area contributed by atoms with Gasteiger partial charge in [0.05, 0.1) is 6.54 Å². The lowest BCUT2D eigenvalue weighted by atomic mass is 10.1. The zero-order chi connectivity index (χ0) is 13.3. The van der Waals surface area contributed by atoms with E-state index in [1.54, 1.807) is 11.3 Å². The molecular weight excluding hydrogens is 246 g/mol. The summed E-state index contributed by atoms with van der Waals surface area (Å²) in [5.74, 6) is 0.552. The summed E-state index contributed by atoms with van der Waals surface area (Å²) < 4.78 is 0. The van der Waals surface area contributed by atoms with Crippen molar-refractivity contribution < 1.29 is 9.59 Å². The maximum Gasteiger partial charge on any atom is 0.224 e. The SMILES string of the molecule is Cc1ccsc1[C@@H]1C[C@@H]1C(=O)NCC(=O)C(C)C. The zero-order valence-corrected chi connectivity index (χ0v) is 11.8. The van der Waals surface area contributed by atoms with Gasteiger partial charge in [-0.05, 0) is 30.4 Å². The van der Waals surface area contributed by atoms with E-state index in [1.165, 1.54) is 10.4 Å². The molecule has 0 bridgehead atoms. The summed E-state index contributed by atoms with van der Waals surface area (Å²) in [5, 5.41) is 4.82. The molecule has 0 saturated heterocycles. The van der Waals surface area contributed by atoms with Crippen molar-refractivity contribution >= 4 is 23.0 Å². The molecule has 1 fully saturated rings. The maximum absolute atomic E-state index is 11.9. The van der Waals surface area contributed by atoms with Gasteiger partial charge in [-0.3, -0.25) is 9.59 Å². The van der Waals surface area contributed by atoms with E-state index < -0.39 is 0 Å². The van der Waals surface area contributed by atoms with E-state index >= 15 is 0 Å². The number of hydrogen-bond acceptors (Lipinski definition) is 3. The third-order valence-corrected chi connectivity index (χ3v) is 4.60. The minimum absolute atomic E-state index is 0.0140. The Morgan fingerprint density at radius 3 is 2.78 bits per heavy atom. The lowest BCUT2D eigenvalue weighted by Crippen LogP contribution is -2.32. The van der Waals surface area contributed by atoms with Gasteiger partial charge in [0.2, 0.25) is 5.91 Å². The van der Waals surface area contributed by atoms with Gasteiger partial charge in [-0.25, -0.2) is 0 Å². The lowest BCUT2D eigenvalue weighted by molar-refractivity contribution is -0.127. The minimum atomic E-state index is -0.0140. The molecule has 2 atom stereocenters. The number of aryl methyl sites for hydroxylation is 1. The molecule has 1 N–H and O–H groups in total. The molecule has 1 heterocycles. The Labute approximate surface area is 112 Å². The van der Waals surface area contributed by atoms with Crippen molar-refractivity contribution in [2.24, 2.45) is 11.8 Å². The molecule has 1 aromatic heterocycles. The van der Waals surface area contributed by atoms with Crippen molar-refractivity contribution in [3.8, 4) is 0 Å². The van der Waals surface area contributed by atoms with Crippen LogP contribution in [0.4, 0.5) is 0 Å². The quantitative estimate of drug-likeness (QED) is 0.889. The molecule has 1 amide bonds. The molecule has 0 radical (unpaired) electrons. The molecule has 4 heteroatoms. The highest BCUT2D eigenvalue weighted by Crippen LogP contribution is 2.50. The average molecular weight is 265 g/mol. The molecule has 1 aromatic rings. The molecular formula is C14H19NO2S. The normalized spacial score (nSPS) is 22.0. The predicted molar refractivity (Wildman–Crippen MR) is 72.8 cm³/mol. The molecule has 0 unspecified atom stereocenters. The fourth-order valence-electron chi connectivity index (χ4n) is 2.05. The van der Waals surface area contributed by atoms with Crippen molar-refractivity contribution in [3.63, 3.8) is 0 Å². The van der Waals surface area contributed by atoms with Crippen LogP contribution in [-0.2, 0) is 9.59 Å². The van der Waals surface area contributed by atoms with E-state index in [4.69, 9.17) is 0 Å². The molecule has 3 nitrogen and oxygen atoms in total. The fourth-order valence-corrected chi connectivity index (χ4v) is 3.16. The van der Waals surface area contributed by atoms with Gasteiger partial charge in [-0.2, -0.15) is 0 Å². The number of carbonyl (C=O) groups excluding carboxylic acids is 2. The van der Waals surface area contributed by atoms with E-state index in [-0.39, 0.29) is 30.1 Å². The summed E-state index contributed by atoms with van der Waals surface area (Å²) in [6.45, 7) is 5.96. The molecule has 18 heavy (non-hydrogen) atoms. The second-order valence-corrected chi connectivity index (χ2v) is 6.20. The van der Waals surface area contributed by atoms with E-state index in [9.17, 15) is 9.59 Å². The van der Waals surface area contributed by atoms with E-state index in [0.29, 0.717) is 5.92 Å². The van der Waals surface area contributed by atoms with Gasteiger partial charge >= 0.3 is 0 Å². The Hall–Kier alpha value is -1.16. The maximum atomic E-state index is 11.9. The molecule has 1 aliphatic carbocycles. The van der Waals surface area contributed by atoms with Gasteiger partial charge in [0.25, 0.3) is 0 Å². The highest BCUT2D eigenvalue weighted by atomic mass is 32.1. The minimum Gasteiger partial charge on any atom is -0.349 e. The Morgan fingerprint density at radius 2 is 2.22 bits per heavy atom. The van der Waals surface area contributed by atoms with Crippen LogP contribution in [-0.4, -0.2) is 18.2 Å². The molecule has 98 valence electrons. The van der Waals surface area contributed by atoms with Crippen LogP contribution in [0.25, 0.3) is 0 Å². The van der Waals surface area contributed by atoms with Gasteiger partial charge < -0.3 is 5.32 Å². The summed E-state index contributed by atoms with van der Waals surface area (Å²) in [7, 11) is 0. The van der Waals surface area contributed by atoms with E-state index in [2.05, 4.69) is 23.7 Å². The number of rotatable bonds is 5. The zero-order valence-electron chi connectivity index (χ0n) is 11.0. The number of ketones is 1. The fraction of sp³-hybridized carbons (Fsp3) is 0.571. The van der Waals surface area contributed by atoms with Crippen LogP contribution in [0.2, 0.25) is 0 Å². The molecule has 0 spiro atoms. The Kier molecular flexibility index (Phi) is 3.85. The third-order valence-electron chi connectivity index (χ3n) is 3.45. The number of carbonyl (C=O) groups is 2. The van der Waals surface area contributed by atoms with Crippen LogP contribution in [0.1, 0.15) is 36.6 Å². The molecule has 1 saturated carbocycles. The molecule has 0 aromatic carbocycles. The van der Waals surface area contributed by atoms with Crippen molar-refractivity contribution in [2.45, 2.75) is 33.1 Å². The monoisotopic (exact) mass is 265 g/mol. The number of thiophene rings is 1. The highest BCUT2D eigenvalue weighted by molar-refractivity contribution is 7.10. The summed E-state index contributed by atoms with van der Waals surface area (Å²) in [4.78, 5) is 24.7. The first-order valence-corrected chi connectivity index (χ1v) is 7.23. The largest absolute Gasteiger partial charge is 0.349 e. The average Bonchev–Trinajstić information content (AvgIpc) is 3.01. The number of Topliss-reactive ketones (excluding diaryl/α,β-unsaturated/α-hetero) is 1. The number of nitrogens with one attached hydrogen (secondary N) is 1. The van der Waals surface area contributed by atoms with Crippen molar-refractivity contribution in [1.82, 2.24) is 5.32 Å². The summed E-state index contributed by atoms with van der Waals surface area (Å²) in [6, 6.07) is 2.09. The third kappa shape index (κ3) is 2.80. The summed E-state index contributed by atoms with van der Waals surface area (Å²) in [6.07, 6.45) is 0.920. The Bertz CT molecular complexity index is 464. The van der Waals surface area contributed by atoms with Gasteiger partial charge in [-0.1, -0.05) is 13.8 Å². The first-order chi connectivity index (χ1) is 8.50. The van der Waals surface area contributed by atoms with E-state index in [0.717, 1.165) is 6.42 Å². The van der Waals surface area contributed by atoms with Gasteiger partial charge in [0, 0.05) is 22.6 Å². The highest BCUT2D eigenvalue weighted by Gasteiger charge is 2.45. The van der Waals surface area contributed by atoms with Crippen LogP contribution in [0, 0.1) is 18.8 Å². The van der Waals surface area contributed by atoms with Crippen molar-refractivity contribution in [1.29, 1.82) is 0 Å². The first-order valence-electron chi connectivity index (χ1n) is 6.35. The number of hydrogen-bond donors (Lipinski definition) is 1. The van der Waals surface area contributed by atoms with Gasteiger partial charge in [0.15, 0.2) is 5.78 Å². The van der Waals surface area contributed by atoms with E-state index in [1.807, 2.05) is 13.8 Å². The second kappa shape index (κ2) is 5.22. The smallest absolute Gasteiger partial charge is 0.224 e. The predicted octanol–water partition coefficient (Wildman–Crippen LogP) is 2.50. The van der Waals surface area contributed by atoms with Crippen LogP contribution >= 0.6 is 11.3 Å². The standard InChI is InChI=1S/C14H19NO2S/c1-8(2)12(16)7-15-14(17)11-6-10(11)13-9(3)4-5-18-13/h4-5,8,10-11H,6-7H2,1-3H3,(H,15,17)/t10-,11+/m1/s1. The second-order valence-electron chi connectivity index (χ2n) is 5.26. The van der Waals surface area contributed by atoms with Crippen LogP contribution in [0.3, 0.4) is 0 Å². The Morgan fingerprint density at radius 1 is 1.50 bits per heavy atom. The van der Waals surface area contributed by atoms with Crippen LogP contribution < -0.4 is 5.32 Å². The topological polar surface area (TPSA) is 46.2 Å². The van der Waals surface area contributed by atoms with Gasteiger partial charge in [0.1, 0.15) is 0 Å². The Balaban J connectivity index is 1.83. The number of amides is 1. The van der Waals surface area contributed by atoms with Gasteiger partial charge in [-0.15, -0.1) is 11.3 Å².